The first-order valence-electron chi connectivity index (χ1n) is 9.16. The molecule has 4 nitrogen and oxygen atoms in total. The minimum atomic E-state index is -4.95. The first-order valence-corrected chi connectivity index (χ1v) is 12.2. The highest BCUT2D eigenvalue weighted by molar-refractivity contribution is 7.93. The smallest absolute Gasteiger partial charge is 0.251 e. The lowest BCUT2D eigenvalue weighted by molar-refractivity contribution is -0.140. The summed E-state index contributed by atoms with van der Waals surface area (Å²) in [5.74, 6) is -1.46. The third kappa shape index (κ3) is 4.52. The summed E-state index contributed by atoms with van der Waals surface area (Å²) in [6.45, 7) is -0.552. The van der Waals surface area contributed by atoms with Gasteiger partial charge < -0.3 is 0 Å². The van der Waals surface area contributed by atoms with Crippen molar-refractivity contribution in [3.05, 3.63) is 87.9 Å². The maximum Gasteiger partial charge on any atom is 0.419 e. The lowest BCUT2D eigenvalue weighted by Gasteiger charge is -2.24. The van der Waals surface area contributed by atoms with E-state index in [1.165, 1.54) is 18.3 Å². The van der Waals surface area contributed by atoms with Gasteiger partial charge in [0.25, 0.3) is 10.0 Å². The van der Waals surface area contributed by atoms with Crippen molar-refractivity contribution in [3.63, 3.8) is 0 Å². The number of halogens is 6. The van der Waals surface area contributed by atoms with E-state index in [1.54, 1.807) is 24.3 Å². The third-order valence-corrected chi connectivity index (χ3v) is 8.69. The van der Waals surface area contributed by atoms with E-state index in [4.69, 9.17) is 23.2 Å². The average Bonchev–Trinajstić information content (AvgIpc) is 3.08. The SMILES string of the molecule is O=S(=O)(c1cccnc1Cl)N(Cc1ccc(F)c(C(F)(F)F)c1)c1sc2ccccc2c1Cl. The molecule has 33 heavy (non-hydrogen) atoms. The van der Waals surface area contributed by atoms with Crippen LogP contribution < -0.4 is 4.31 Å². The number of hydrogen-bond donors (Lipinski definition) is 0. The second-order valence-corrected chi connectivity index (χ2v) is 10.4. The van der Waals surface area contributed by atoms with Crippen LogP contribution in [0.2, 0.25) is 10.2 Å². The van der Waals surface area contributed by atoms with Crippen molar-refractivity contribution >= 4 is 59.6 Å². The molecule has 12 heteroatoms. The van der Waals surface area contributed by atoms with Gasteiger partial charge in [0, 0.05) is 16.3 Å². The molecule has 172 valence electrons. The molecule has 2 aromatic carbocycles. The van der Waals surface area contributed by atoms with Crippen LogP contribution in [-0.2, 0) is 22.7 Å². The average molecular weight is 535 g/mol. The maximum absolute atomic E-state index is 13.8. The number of anilines is 1. The van der Waals surface area contributed by atoms with Gasteiger partial charge in [-0.3, -0.25) is 4.31 Å². The van der Waals surface area contributed by atoms with Crippen LogP contribution in [0.3, 0.4) is 0 Å². The second-order valence-electron chi connectivity index (χ2n) is 6.83. The van der Waals surface area contributed by atoms with Gasteiger partial charge in [-0.2, -0.15) is 13.2 Å². The number of hydrogen-bond acceptors (Lipinski definition) is 4. The molecule has 0 radical (unpaired) electrons. The monoisotopic (exact) mass is 534 g/mol. The van der Waals surface area contributed by atoms with Gasteiger partial charge in [0.15, 0.2) is 0 Å². The highest BCUT2D eigenvalue weighted by atomic mass is 35.5. The Morgan fingerprint density at radius 2 is 1.76 bits per heavy atom. The third-order valence-electron chi connectivity index (χ3n) is 4.70. The Balaban J connectivity index is 1.91. The molecule has 0 aliphatic heterocycles. The summed E-state index contributed by atoms with van der Waals surface area (Å²) in [4.78, 5) is 3.43. The van der Waals surface area contributed by atoms with Crippen LogP contribution in [0.1, 0.15) is 11.1 Å². The van der Waals surface area contributed by atoms with Gasteiger partial charge in [0.1, 0.15) is 20.9 Å². The minimum absolute atomic E-state index is 0.0793. The van der Waals surface area contributed by atoms with Crippen molar-refractivity contribution in [2.45, 2.75) is 17.6 Å². The number of aromatic nitrogens is 1. The number of nitrogens with zero attached hydrogens (tertiary/aromatic N) is 2. The van der Waals surface area contributed by atoms with E-state index >= 15 is 0 Å². The van der Waals surface area contributed by atoms with Crippen LogP contribution in [0.15, 0.2) is 65.7 Å². The molecular formula is C21H12Cl2F4N2O2S2. The van der Waals surface area contributed by atoms with Gasteiger partial charge in [-0.1, -0.05) is 47.5 Å². The lowest BCUT2D eigenvalue weighted by atomic mass is 10.1. The van der Waals surface area contributed by atoms with E-state index < -0.39 is 34.1 Å². The van der Waals surface area contributed by atoms with Gasteiger partial charge in [0.05, 0.1) is 17.1 Å². The predicted octanol–water partition coefficient (Wildman–Crippen LogP) is 7.16. The Morgan fingerprint density at radius 1 is 1.03 bits per heavy atom. The molecule has 0 saturated carbocycles. The van der Waals surface area contributed by atoms with Gasteiger partial charge >= 0.3 is 6.18 Å². The van der Waals surface area contributed by atoms with E-state index in [0.717, 1.165) is 21.7 Å². The Bertz CT molecular complexity index is 1460. The molecule has 4 aromatic rings. The van der Waals surface area contributed by atoms with E-state index in [2.05, 4.69) is 4.98 Å². The minimum Gasteiger partial charge on any atom is -0.251 e. The fraction of sp³-hybridized carbons (Fsp3) is 0.0952. The molecule has 0 saturated heterocycles. The highest BCUT2D eigenvalue weighted by Gasteiger charge is 2.36. The molecule has 0 bridgehead atoms. The number of alkyl halides is 3. The Morgan fingerprint density at radius 3 is 2.42 bits per heavy atom. The van der Waals surface area contributed by atoms with Crippen LogP contribution in [0.5, 0.6) is 0 Å². The molecule has 4 rings (SSSR count). The van der Waals surface area contributed by atoms with Gasteiger partial charge in [-0.25, -0.2) is 17.8 Å². The maximum atomic E-state index is 13.8. The van der Waals surface area contributed by atoms with Gasteiger partial charge in [-0.05, 0) is 35.9 Å². The Labute approximate surface area is 200 Å². The fourth-order valence-corrected chi connectivity index (χ4v) is 6.85. The van der Waals surface area contributed by atoms with Crippen molar-refractivity contribution in [2.24, 2.45) is 0 Å². The number of rotatable bonds is 5. The number of pyridine rings is 1. The largest absolute Gasteiger partial charge is 0.419 e. The lowest BCUT2D eigenvalue weighted by Crippen LogP contribution is -2.30. The van der Waals surface area contributed by atoms with E-state index in [9.17, 15) is 26.0 Å². The number of thiophene rings is 1. The van der Waals surface area contributed by atoms with Crippen LogP contribution in [0, 0.1) is 5.82 Å². The van der Waals surface area contributed by atoms with Gasteiger partial charge in [-0.15, -0.1) is 11.3 Å². The summed E-state index contributed by atoms with van der Waals surface area (Å²) in [5.41, 5.74) is -1.60. The number of benzene rings is 2. The molecule has 0 atom stereocenters. The molecule has 0 aliphatic carbocycles. The molecule has 0 spiro atoms. The Hall–Kier alpha value is -2.40. The molecule has 0 fully saturated rings. The van der Waals surface area contributed by atoms with Crippen LogP contribution in [-0.4, -0.2) is 13.4 Å². The van der Waals surface area contributed by atoms with E-state index in [-0.39, 0.29) is 25.6 Å². The summed E-state index contributed by atoms with van der Waals surface area (Å²) in [6.07, 6.45) is -3.65. The number of sulfonamides is 1. The molecule has 0 unspecified atom stereocenters. The summed E-state index contributed by atoms with van der Waals surface area (Å²) < 4.78 is 82.2. The molecule has 0 N–H and O–H groups in total. The fourth-order valence-electron chi connectivity index (χ4n) is 3.16. The zero-order chi connectivity index (χ0) is 24.0. The van der Waals surface area contributed by atoms with Crippen molar-refractivity contribution in [1.82, 2.24) is 4.98 Å². The topological polar surface area (TPSA) is 50.3 Å². The zero-order valence-electron chi connectivity index (χ0n) is 16.3. The summed E-state index contributed by atoms with van der Waals surface area (Å²) >= 11 is 13.6. The van der Waals surface area contributed by atoms with E-state index in [1.807, 2.05) is 0 Å². The van der Waals surface area contributed by atoms with Crippen LogP contribution in [0.4, 0.5) is 22.6 Å². The molecule has 0 amide bonds. The quantitative estimate of drug-likeness (QED) is 0.201. The standard InChI is InChI=1S/C21H12Cl2F4N2O2S2/c22-18-13-4-1-2-5-16(13)32-20(18)29(33(30,31)17-6-3-9-28-19(17)23)11-12-7-8-15(24)14(10-12)21(25,26)27/h1-10H,11H2. The van der Waals surface area contributed by atoms with Crippen molar-refractivity contribution in [1.29, 1.82) is 0 Å². The molecule has 0 aliphatic rings. The van der Waals surface area contributed by atoms with E-state index in [0.29, 0.717) is 22.2 Å². The molecular weight excluding hydrogens is 523 g/mol. The van der Waals surface area contributed by atoms with Crippen LogP contribution in [0.25, 0.3) is 10.1 Å². The summed E-state index contributed by atoms with van der Waals surface area (Å²) in [5, 5.41) is 0.453. The normalized spacial score (nSPS) is 12.3. The predicted molar refractivity (Wildman–Crippen MR) is 121 cm³/mol. The highest BCUT2D eigenvalue weighted by Crippen LogP contribution is 2.45. The van der Waals surface area contributed by atoms with Crippen LogP contribution >= 0.6 is 34.5 Å². The molecule has 2 heterocycles. The second kappa shape index (κ2) is 8.75. The number of fused-ring (bicyclic) bond motifs is 1. The summed E-state index contributed by atoms with van der Waals surface area (Å²) in [6, 6.07) is 11.8. The van der Waals surface area contributed by atoms with Crippen molar-refractivity contribution < 1.29 is 26.0 Å². The summed E-state index contributed by atoms with van der Waals surface area (Å²) in [7, 11) is -4.42. The first-order chi connectivity index (χ1) is 15.5. The molecule has 2 aromatic heterocycles. The van der Waals surface area contributed by atoms with Crippen molar-refractivity contribution in [3.8, 4) is 0 Å². The van der Waals surface area contributed by atoms with Gasteiger partial charge in [0.2, 0.25) is 0 Å². The first kappa shape index (κ1) is 23.7. The van der Waals surface area contributed by atoms with Crippen molar-refractivity contribution in [2.75, 3.05) is 4.31 Å². The zero-order valence-corrected chi connectivity index (χ0v) is 19.4. The Kier molecular flexibility index (Phi) is 6.30.